The molecule has 0 aromatic carbocycles. The molecule has 1 aliphatic heterocycles. The van der Waals surface area contributed by atoms with Crippen molar-refractivity contribution in [2.24, 2.45) is 0 Å². The van der Waals surface area contributed by atoms with E-state index in [-0.39, 0.29) is 0 Å². The van der Waals surface area contributed by atoms with Gasteiger partial charge in [0.2, 0.25) is 0 Å². The SMILES string of the molecule is CC1CN1.O=[PH2+]. The van der Waals surface area contributed by atoms with E-state index in [4.69, 9.17) is 4.57 Å². The third kappa shape index (κ3) is 4.06. The Bertz CT molecular complexity index is 37.8. The van der Waals surface area contributed by atoms with Crippen molar-refractivity contribution in [1.82, 2.24) is 5.32 Å². The quantitative estimate of drug-likeness (QED) is 0.353. The van der Waals surface area contributed by atoms with E-state index in [1.165, 1.54) is 15.7 Å². The number of nitrogens with one attached hydrogen (secondary N) is 1. The Hall–Kier alpha value is 0.0600. The number of hydrogen-bond donors (Lipinski definition) is 1. The van der Waals surface area contributed by atoms with E-state index in [1.807, 2.05) is 0 Å². The normalized spacial score (nSPS) is 27.2. The predicted molar refractivity (Wildman–Crippen MR) is 27.9 cm³/mol. The molecule has 0 aromatic rings. The van der Waals surface area contributed by atoms with Crippen LogP contribution < -0.4 is 5.32 Å². The molecule has 6 heavy (non-hydrogen) atoms. The Labute approximate surface area is 39.6 Å². The Morgan fingerprint density at radius 1 is 1.83 bits per heavy atom. The molecule has 2 nitrogen and oxygen atoms in total. The molecule has 1 aliphatic rings. The Kier molecular flexibility index (Phi) is 3.29. The second-order valence-electron chi connectivity index (χ2n) is 1.31. The molecule has 0 bridgehead atoms. The Balaban J connectivity index is 0.000000112. The summed E-state index contributed by atoms with van der Waals surface area (Å²) in [6.07, 6.45) is 0. The van der Waals surface area contributed by atoms with Crippen LogP contribution in [-0.2, 0) is 4.57 Å². The van der Waals surface area contributed by atoms with Gasteiger partial charge in [0, 0.05) is 12.6 Å². The minimum atomic E-state index is 0.833. The molecule has 1 heterocycles. The van der Waals surface area contributed by atoms with Crippen LogP contribution >= 0.6 is 9.12 Å². The topological polar surface area (TPSA) is 39.0 Å². The summed E-state index contributed by atoms with van der Waals surface area (Å²) in [4.78, 5) is 0. The van der Waals surface area contributed by atoms with Gasteiger partial charge < -0.3 is 5.32 Å². The second-order valence-corrected chi connectivity index (χ2v) is 1.31. The first-order valence-corrected chi connectivity index (χ1v) is 2.33. The Morgan fingerprint density at radius 2 is 2.00 bits per heavy atom. The zero-order chi connectivity index (χ0) is 4.99. The molecule has 2 atom stereocenters. The summed E-state index contributed by atoms with van der Waals surface area (Å²) in [6, 6.07) is 0.833. The van der Waals surface area contributed by atoms with Gasteiger partial charge in [-0.15, -0.1) is 0 Å². The van der Waals surface area contributed by atoms with Gasteiger partial charge in [-0.25, -0.2) is 0 Å². The van der Waals surface area contributed by atoms with Gasteiger partial charge in [-0.05, 0) is 6.92 Å². The highest BCUT2D eigenvalue weighted by Gasteiger charge is 2.10. The molecule has 2 unspecified atom stereocenters. The summed E-state index contributed by atoms with van der Waals surface area (Å²) in [5.41, 5.74) is 0. The fourth-order valence-corrected chi connectivity index (χ4v) is 0.118. The lowest BCUT2D eigenvalue weighted by Crippen LogP contribution is -1.72. The van der Waals surface area contributed by atoms with Crippen molar-refractivity contribution in [3.05, 3.63) is 0 Å². The molecular weight excluding hydrogens is 97.0 g/mol. The van der Waals surface area contributed by atoms with Crippen LogP contribution in [0.1, 0.15) is 6.92 Å². The Morgan fingerprint density at radius 3 is 2.00 bits per heavy atom. The average molecular weight is 106 g/mol. The molecule has 0 spiro atoms. The van der Waals surface area contributed by atoms with Crippen molar-refractivity contribution in [1.29, 1.82) is 0 Å². The summed E-state index contributed by atoms with van der Waals surface area (Å²) in [7, 11) is 1.17. The van der Waals surface area contributed by atoms with Gasteiger partial charge in [0.15, 0.2) is 0 Å². The zero-order valence-corrected chi connectivity index (χ0v) is 4.92. The van der Waals surface area contributed by atoms with Crippen LogP contribution in [0.3, 0.4) is 0 Å². The molecule has 1 saturated heterocycles. The molecular formula is C3H9NOP+. The maximum atomic E-state index is 8.17. The lowest BCUT2D eigenvalue weighted by molar-refractivity contribution is 0.607. The first kappa shape index (κ1) is 6.06. The average Bonchev–Trinajstić information content (AvgIpc) is 2.30. The largest absolute Gasteiger partial charge is 0.311 e. The van der Waals surface area contributed by atoms with Gasteiger partial charge >= 0.3 is 9.12 Å². The number of hydrogen-bond acceptors (Lipinski definition) is 2. The van der Waals surface area contributed by atoms with Crippen LogP contribution in [0.5, 0.6) is 0 Å². The van der Waals surface area contributed by atoms with Crippen molar-refractivity contribution in [3.63, 3.8) is 0 Å². The summed E-state index contributed by atoms with van der Waals surface area (Å²) >= 11 is 0. The number of rotatable bonds is 0. The van der Waals surface area contributed by atoms with Crippen LogP contribution in [0.25, 0.3) is 0 Å². The van der Waals surface area contributed by atoms with Gasteiger partial charge in [-0.2, -0.15) is 0 Å². The molecule has 0 amide bonds. The second kappa shape index (κ2) is 3.26. The molecule has 0 aliphatic carbocycles. The molecule has 36 valence electrons. The van der Waals surface area contributed by atoms with E-state index in [1.54, 1.807) is 0 Å². The highest BCUT2D eigenvalue weighted by molar-refractivity contribution is 7.00. The van der Waals surface area contributed by atoms with Gasteiger partial charge in [0.25, 0.3) is 0 Å². The first-order valence-electron chi connectivity index (χ1n) is 1.86. The third-order valence-electron chi connectivity index (χ3n) is 0.612. The summed E-state index contributed by atoms with van der Waals surface area (Å²) in [6.45, 7) is 3.40. The molecule has 1 rings (SSSR count). The standard InChI is InChI=1S/C3H7N.H2OP/c1-3-2-4-3;1-2/h3-4H,2H2,1H3;2H2/q;+1. The van der Waals surface area contributed by atoms with Gasteiger partial charge in [0.05, 0.1) is 0 Å². The van der Waals surface area contributed by atoms with Crippen LogP contribution in [0.4, 0.5) is 0 Å². The van der Waals surface area contributed by atoms with Crippen molar-refractivity contribution >= 4 is 9.12 Å². The van der Waals surface area contributed by atoms with Crippen LogP contribution in [0.2, 0.25) is 0 Å². The lowest BCUT2D eigenvalue weighted by atomic mass is 10.6. The predicted octanol–water partition coefficient (Wildman–Crippen LogP) is 0.185. The smallest absolute Gasteiger partial charge is 0.310 e. The van der Waals surface area contributed by atoms with Crippen molar-refractivity contribution < 1.29 is 4.57 Å². The van der Waals surface area contributed by atoms with Crippen molar-refractivity contribution in [3.8, 4) is 0 Å². The molecule has 0 radical (unpaired) electrons. The molecule has 0 saturated carbocycles. The van der Waals surface area contributed by atoms with E-state index in [0.717, 1.165) is 6.04 Å². The van der Waals surface area contributed by atoms with E-state index in [2.05, 4.69) is 12.2 Å². The van der Waals surface area contributed by atoms with Gasteiger partial charge in [0.1, 0.15) is 0 Å². The third-order valence-corrected chi connectivity index (χ3v) is 0.612. The summed E-state index contributed by atoms with van der Waals surface area (Å²) < 4.78 is 8.17. The van der Waals surface area contributed by atoms with Crippen LogP contribution in [0.15, 0.2) is 0 Å². The van der Waals surface area contributed by atoms with Crippen molar-refractivity contribution in [2.75, 3.05) is 6.54 Å². The lowest BCUT2D eigenvalue weighted by Gasteiger charge is -1.53. The monoisotopic (exact) mass is 106 g/mol. The highest BCUT2D eigenvalue weighted by atomic mass is 31.0. The molecule has 1 N–H and O–H groups in total. The maximum absolute atomic E-state index is 8.17. The first-order chi connectivity index (χ1) is 2.89. The van der Waals surface area contributed by atoms with E-state index in [9.17, 15) is 0 Å². The van der Waals surface area contributed by atoms with Crippen LogP contribution in [0, 0.1) is 0 Å². The minimum Gasteiger partial charge on any atom is -0.311 e. The minimum absolute atomic E-state index is 0.833. The maximum Gasteiger partial charge on any atom is 0.310 e. The summed E-state index contributed by atoms with van der Waals surface area (Å²) in [5.74, 6) is 0. The molecule has 3 heteroatoms. The van der Waals surface area contributed by atoms with Crippen molar-refractivity contribution in [2.45, 2.75) is 13.0 Å². The van der Waals surface area contributed by atoms with E-state index < -0.39 is 0 Å². The highest BCUT2D eigenvalue weighted by Crippen LogP contribution is 1.88. The van der Waals surface area contributed by atoms with E-state index >= 15 is 0 Å². The fraction of sp³-hybridized carbons (Fsp3) is 1.00. The van der Waals surface area contributed by atoms with E-state index in [0.29, 0.717) is 0 Å². The molecule has 1 fully saturated rings. The summed E-state index contributed by atoms with van der Waals surface area (Å²) in [5, 5.41) is 3.10. The zero-order valence-electron chi connectivity index (χ0n) is 3.77. The molecule has 0 aromatic heterocycles. The van der Waals surface area contributed by atoms with Gasteiger partial charge in [-0.3, -0.25) is 0 Å². The fourth-order valence-electron chi connectivity index (χ4n) is 0.118. The van der Waals surface area contributed by atoms with Crippen LogP contribution in [-0.4, -0.2) is 12.6 Å². The van der Waals surface area contributed by atoms with Gasteiger partial charge in [-0.1, -0.05) is 4.57 Å².